The van der Waals surface area contributed by atoms with Gasteiger partial charge in [-0.3, -0.25) is 13.4 Å². The van der Waals surface area contributed by atoms with Crippen LogP contribution in [0.3, 0.4) is 0 Å². The number of hydrogen-bond donors (Lipinski definition) is 0. The lowest BCUT2D eigenvalue weighted by Crippen LogP contribution is -2.26. The van der Waals surface area contributed by atoms with E-state index in [-0.39, 0.29) is 10.6 Å². The first kappa shape index (κ1) is 18.3. The maximum atomic E-state index is 13.0. The van der Waals surface area contributed by atoms with Crippen LogP contribution in [0.5, 0.6) is 0 Å². The molecule has 3 aromatic rings. The Labute approximate surface area is 153 Å². The topological polar surface area (TPSA) is 64.3 Å². The average Bonchev–Trinajstić information content (AvgIpc) is 2.85. The number of fused-ring (bicyclic) bond motifs is 1. The third kappa shape index (κ3) is 2.82. The van der Waals surface area contributed by atoms with Gasteiger partial charge in [-0.2, -0.15) is 0 Å². The van der Waals surface area contributed by atoms with E-state index in [1.807, 2.05) is 24.3 Å². The number of anilines is 1. The minimum atomic E-state index is -3.73. The summed E-state index contributed by atoms with van der Waals surface area (Å²) in [5, 5.41) is 0. The predicted octanol–water partition coefficient (Wildman–Crippen LogP) is 2.83. The summed E-state index contributed by atoms with van der Waals surface area (Å²) in [6.45, 7) is 4.18. The first-order valence-electron chi connectivity index (χ1n) is 8.39. The zero-order chi connectivity index (χ0) is 19.2. The molecule has 0 saturated carbocycles. The van der Waals surface area contributed by atoms with Crippen molar-refractivity contribution in [3.63, 3.8) is 0 Å². The van der Waals surface area contributed by atoms with Crippen molar-refractivity contribution in [2.75, 3.05) is 11.4 Å². The molecule has 7 heteroatoms. The molecule has 6 nitrogen and oxygen atoms in total. The van der Waals surface area contributed by atoms with Gasteiger partial charge in [0.25, 0.3) is 10.0 Å². The SMILES string of the molecule is CC(C)c1ccc(N(C)S(=O)(=O)c2ccc3c(c2)n(C)c(=O)n3C)cc1. The van der Waals surface area contributed by atoms with E-state index in [1.165, 1.54) is 26.6 Å². The summed E-state index contributed by atoms with van der Waals surface area (Å²) < 4.78 is 30.3. The van der Waals surface area contributed by atoms with Crippen LogP contribution < -0.4 is 9.99 Å². The number of aryl methyl sites for hydroxylation is 2. The quantitative estimate of drug-likeness (QED) is 0.706. The van der Waals surface area contributed by atoms with Crippen molar-refractivity contribution in [3.8, 4) is 0 Å². The Morgan fingerprint density at radius 2 is 1.50 bits per heavy atom. The molecule has 0 aliphatic rings. The van der Waals surface area contributed by atoms with E-state index in [1.54, 1.807) is 26.2 Å². The number of sulfonamides is 1. The Balaban J connectivity index is 2.05. The summed E-state index contributed by atoms with van der Waals surface area (Å²) in [5.74, 6) is 0.382. The number of benzene rings is 2. The fraction of sp³-hybridized carbons (Fsp3) is 0.316. The van der Waals surface area contributed by atoms with Crippen LogP contribution in [0.25, 0.3) is 11.0 Å². The molecule has 0 radical (unpaired) electrons. The summed E-state index contributed by atoms with van der Waals surface area (Å²) in [4.78, 5) is 12.2. The number of nitrogens with zero attached hydrogens (tertiary/aromatic N) is 3. The number of aromatic nitrogens is 2. The van der Waals surface area contributed by atoms with Gasteiger partial charge in [-0.25, -0.2) is 13.2 Å². The second-order valence-corrected chi connectivity index (χ2v) is 8.74. The van der Waals surface area contributed by atoms with Crippen molar-refractivity contribution >= 4 is 26.7 Å². The molecule has 3 rings (SSSR count). The predicted molar refractivity (Wildman–Crippen MR) is 104 cm³/mol. The van der Waals surface area contributed by atoms with Gasteiger partial charge in [-0.05, 0) is 41.8 Å². The van der Waals surface area contributed by atoms with Gasteiger partial charge in [-0.1, -0.05) is 26.0 Å². The molecule has 2 aromatic carbocycles. The van der Waals surface area contributed by atoms with Crippen LogP contribution in [-0.4, -0.2) is 24.6 Å². The molecule has 0 aliphatic heterocycles. The van der Waals surface area contributed by atoms with E-state index in [2.05, 4.69) is 13.8 Å². The molecule has 0 amide bonds. The van der Waals surface area contributed by atoms with Crippen molar-refractivity contribution in [2.24, 2.45) is 14.1 Å². The van der Waals surface area contributed by atoms with Crippen molar-refractivity contribution in [1.29, 1.82) is 0 Å². The van der Waals surface area contributed by atoms with E-state index in [4.69, 9.17) is 0 Å². The van der Waals surface area contributed by atoms with Crippen molar-refractivity contribution in [1.82, 2.24) is 9.13 Å². The van der Waals surface area contributed by atoms with E-state index in [9.17, 15) is 13.2 Å². The molecule has 0 spiro atoms. The zero-order valence-electron chi connectivity index (χ0n) is 15.6. The lowest BCUT2D eigenvalue weighted by atomic mass is 10.0. The maximum absolute atomic E-state index is 13.0. The van der Waals surface area contributed by atoms with Gasteiger partial charge < -0.3 is 0 Å². The van der Waals surface area contributed by atoms with Gasteiger partial charge in [0.05, 0.1) is 21.6 Å². The molecular weight excluding hydrogens is 350 g/mol. The molecule has 1 aromatic heterocycles. The molecule has 1 heterocycles. The van der Waals surface area contributed by atoms with Gasteiger partial charge in [0.15, 0.2) is 0 Å². The largest absolute Gasteiger partial charge is 0.328 e. The summed E-state index contributed by atoms with van der Waals surface area (Å²) in [6.07, 6.45) is 0. The molecule has 0 atom stereocenters. The molecule has 0 N–H and O–H groups in total. The molecule has 0 bridgehead atoms. The first-order chi connectivity index (χ1) is 12.1. The number of rotatable bonds is 4. The standard InChI is InChI=1S/C19H23N3O3S/c1-13(2)14-6-8-15(9-7-14)22(5)26(24,25)16-10-11-17-18(12-16)21(4)19(23)20(17)3/h6-13H,1-5H3. The van der Waals surface area contributed by atoms with Gasteiger partial charge >= 0.3 is 5.69 Å². The summed E-state index contributed by atoms with van der Waals surface area (Å²) in [6, 6.07) is 12.3. The highest BCUT2D eigenvalue weighted by atomic mass is 32.2. The Kier molecular flexibility index (Phi) is 4.44. The lowest BCUT2D eigenvalue weighted by Gasteiger charge is -2.20. The second-order valence-electron chi connectivity index (χ2n) is 6.77. The smallest absolute Gasteiger partial charge is 0.295 e. The molecule has 138 valence electrons. The van der Waals surface area contributed by atoms with Crippen LogP contribution in [0, 0.1) is 0 Å². The van der Waals surface area contributed by atoms with E-state index < -0.39 is 10.0 Å². The van der Waals surface area contributed by atoms with Crippen molar-refractivity contribution in [2.45, 2.75) is 24.7 Å². The maximum Gasteiger partial charge on any atom is 0.328 e. The highest BCUT2D eigenvalue weighted by Gasteiger charge is 2.23. The highest BCUT2D eigenvalue weighted by molar-refractivity contribution is 7.92. The Hall–Kier alpha value is -2.54. The van der Waals surface area contributed by atoms with Gasteiger partial charge in [-0.15, -0.1) is 0 Å². The van der Waals surface area contributed by atoms with E-state index in [0.717, 1.165) is 5.56 Å². The second kappa shape index (κ2) is 6.32. The monoisotopic (exact) mass is 373 g/mol. The van der Waals surface area contributed by atoms with E-state index in [0.29, 0.717) is 22.6 Å². The first-order valence-corrected chi connectivity index (χ1v) is 9.83. The third-order valence-corrected chi connectivity index (χ3v) is 6.61. The van der Waals surface area contributed by atoms with Gasteiger partial charge in [0.1, 0.15) is 0 Å². The van der Waals surface area contributed by atoms with Gasteiger partial charge in [0, 0.05) is 21.1 Å². The van der Waals surface area contributed by atoms with Crippen molar-refractivity contribution in [3.05, 3.63) is 58.5 Å². The van der Waals surface area contributed by atoms with Crippen LogP contribution in [0.15, 0.2) is 52.2 Å². The highest BCUT2D eigenvalue weighted by Crippen LogP contribution is 2.26. The molecule has 0 unspecified atom stereocenters. The zero-order valence-corrected chi connectivity index (χ0v) is 16.4. The van der Waals surface area contributed by atoms with E-state index >= 15 is 0 Å². The Morgan fingerprint density at radius 3 is 2.08 bits per heavy atom. The third-order valence-electron chi connectivity index (χ3n) is 4.83. The Morgan fingerprint density at radius 1 is 0.923 bits per heavy atom. The van der Waals surface area contributed by atoms with Crippen LogP contribution in [0.4, 0.5) is 5.69 Å². The number of imidazole rings is 1. The lowest BCUT2D eigenvalue weighted by molar-refractivity contribution is 0.594. The van der Waals surface area contributed by atoms with Gasteiger partial charge in [0.2, 0.25) is 0 Å². The fourth-order valence-corrected chi connectivity index (χ4v) is 4.23. The summed E-state index contributed by atoms with van der Waals surface area (Å²) in [5.41, 5.74) is 2.84. The molecule has 0 saturated heterocycles. The fourth-order valence-electron chi connectivity index (χ4n) is 3.01. The molecular formula is C19H23N3O3S. The summed E-state index contributed by atoms with van der Waals surface area (Å²) >= 11 is 0. The number of hydrogen-bond acceptors (Lipinski definition) is 3. The molecule has 0 fully saturated rings. The van der Waals surface area contributed by atoms with Crippen molar-refractivity contribution < 1.29 is 8.42 Å². The Bertz CT molecular complexity index is 1120. The minimum absolute atomic E-state index is 0.154. The normalized spacial score (nSPS) is 12.1. The summed E-state index contributed by atoms with van der Waals surface area (Å²) in [7, 11) is 1.11. The molecule has 26 heavy (non-hydrogen) atoms. The molecule has 0 aliphatic carbocycles. The minimum Gasteiger partial charge on any atom is -0.295 e. The van der Waals surface area contributed by atoms with Crippen LogP contribution >= 0.6 is 0 Å². The average molecular weight is 373 g/mol. The van der Waals surface area contributed by atoms with Crippen LogP contribution in [-0.2, 0) is 24.1 Å². The van der Waals surface area contributed by atoms with Crippen LogP contribution in [0.2, 0.25) is 0 Å². The van der Waals surface area contributed by atoms with Crippen LogP contribution in [0.1, 0.15) is 25.3 Å².